The molecule has 2 nitrogen and oxygen atoms in total. The van der Waals surface area contributed by atoms with Crippen molar-refractivity contribution >= 4 is 12.6 Å². The maximum absolute atomic E-state index is 4.19. The summed E-state index contributed by atoms with van der Waals surface area (Å²) in [5, 5.41) is 3.29. The molecular weight excluding hydrogens is 168 g/mol. The maximum atomic E-state index is 4.19. The highest BCUT2D eigenvalue weighted by Gasteiger charge is 1.90. The maximum Gasteiger partial charge on any atom is 0.0541 e. The van der Waals surface area contributed by atoms with Gasteiger partial charge in [-0.25, -0.2) is 0 Å². The van der Waals surface area contributed by atoms with Gasteiger partial charge in [0.05, 0.1) is 5.69 Å². The molecule has 1 N–H and O–H groups in total. The van der Waals surface area contributed by atoms with Gasteiger partial charge in [-0.15, -0.1) is 0 Å². The number of rotatable bonds is 5. The molecule has 1 aromatic heterocycles. The topological polar surface area (TPSA) is 24.9 Å². The third-order valence-corrected chi connectivity index (χ3v) is 1.86. The molecular formula is C9H14N2S. The fourth-order valence-corrected chi connectivity index (χ4v) is 1.08. The van der Waals surface area contributed by atoms with Crippen LogP contribution < -0.4 is 5.32 Å². The summed E-state index contributed by atoms with van der Waals surface area (Å²) in [6.45, 7) is 1.87. The van der Waals surface area contributed by atoms with Gasteiger partial charge in [0.25, 0.3) is 0 Å². The van der Waals surface area contributed by atoms with Crippen LogP contribution in [0.15, 0.2) is 24.4 Å². The van der Waals surface area contributed by atoms with Crippen molar-refractivity contribution in [3.05, 3.63) is 30.1 Å². The van der Waals surface area contributed by atoms with Crippen LogP contribution >= 0.6 is 12.6 Å². The fourth-order valence-electron chi connectivity index (χ4n) is 0.923. The van der Waals surface area contributed by atoms with Crippen molar-refractivity contribution in [3.63, 3.8) is 0 Å². The van der Waals surface area contributed by atoms with Crippen molar-refractivity contribution in [1.82, 2.24) is 10.3 Å². The Balaban J connectivity index is 2.16. The van der Waals surface area contributed by atoms with Crippen molar-refractivity contribution in [1.29, 1.82) is 0 Å². The molecule has 0 amide bonds. The monoisotopic (exact) mass is 182 g/mol. The normalized spacial score (nSPS) is 10.1. The van der Waals surface area contributed by atoms with Gasteiger partial charge in [0, 0.05) is 12.7 Å². The summed E-state index contributed by atoms with van der Waals surface area (Å²) in [6, 6.07) is 5.95. The van der Waals surface area contributed by atoms with E-state index < -0.39 is 0 Å². The van der Waals surface area contributed by atoms with Gasteiger partial charge in [0.1, 0.15) is 0 Å². The van der Waals surface area contributed by atoms with Crippen LogP contribution in [-0.4, -0.2) is 17.3 Å². The first-order valence-corrected chi connectivity index (χ1v) is 4.78. The van der Waals surface area contributed by atoms with E-state index in [2.05, 4.69) is 22.9 Å². The third-order valence-electron chi connectivity index (χ3n) is 1.54. The van der Waals surface area contributed by atoms with Crippen LogP contribution in [-0.2, 0) is 6.54 Å². The molecule has 1 rings (SSSR count). The Morgan fingerprint density at radius 2 is 2.33 bits per heavy atom. The molecule has 1 aromatic rings. The van der Waals surface area contributed by atoms with Gasteiger partial charge < -0.3 is 5.32 Å². The second-order valence-corrected chi connectivity index (χ2v) is 3.02. The van der Waals surface area contributed by atoms with Crippen molar-refractivity contribution in [2.75, 3.05) is 12.3 Å². The smallest absolute Gasteiger partial charge is 0.0541 e. The standard InChI is InChI=1S/C9H14N2S/c12-7-3-5-10-8-9-4-1-2-6-11-9/h1-2,4,6,10,12H,3,5,7-8H2. The van der Waals surface area contributed by atoms with Crippen LogP contribution in [0.5, 0.6) is 0 Å². The largest absolute Gasteiger partial charge is 0.311 e. The summed E-state index contributed by atoms with van der Waals surface area (Å²) in [5.74, 6) is 0.940. The first-order chi connectivity index (χ1) is 5.93. The number of hydrogen-bond donors (Lipinski definition) is 2. The molecule has 0 fully saturated rings. The minimum Gasteiger partial charge on any atom is -0.311 e. The number of nitrogens with one attached hydrogen (secondary N) is 1. The number of aromatic nitrogens is 1. The van der Waals surface area contributed by atoms with E-state index in [-0.39, 0.29) is 0 Å². The Labute approximate surface area is 78.8 Å². The minimum atomic E-state index is 0.856. The predicted octanol–water partition coefficient (Wildman–Crippen LogP) is 1.49. The Kier molecular flexibility index (Phi) is 4.80. The summed E-state index contributed by atoms with van der Waals surface area (Å²) >= 11 is 4.13. The van der Waals surface area contributed by atoms with Gasteiger partial charge in [0.15, 0.2) is 0 Å². The Morgan fingerprint density at radius 3 is 3.00 bits per heavy atom. The predicted molar refractivity (Wildman–Crippen MR) is 54.4 cm³/mol. The van der Waals surface area contributed by atoms with E-state index in [9.17, 15) is 0 Å². The molecule has 0 radical (unpaired) electrons. The molecule has 66 valence electrons. The van der Waals surface area contributed by atoms with Crippen molar-refractivity contribution in [3.8, 4) is 0 Å². The van der Waals surface area contributed by atoms with Crippen molar-refractivity contribution < 1.29 is 0 Å². The summed E-state index contributed by atoms with van der Waals surface area (Å²) in [5.41, 5.74) is 1.09. The zero-order valence-corrected chi connectivity index (χ0v) is 7.93. The van der Waals surface area contributed by atoms with E-state index in [1.54, 1.807) is 0 Å². The van der Waals surface area contributed by atoms with Gasteiger partial charge in [-0.3, -0.25) is 4.98 Å². The number of thiol groups is 1. The average molecular weight is 182 g/mol. The van der Waals surface area contributed by atoms with Crippen LogP contribution in [0, 0.1) is 0 Å². The highest BCUT2D eigenvalue weighted by Crippen LogP contribution is 1.91. The molecule has 0 spiro atoms. The van der Waals surface area contributed by atoms with Gasteiger partial charge in [-0.05, 0) is 30.9 Å². The highest BCUT2D eigenvalue weighted by molar-refractivity contribution is 7.80. The van der Waals surface area contributed by atoms with Crippen LogP contribution in [0.1, 0.15) is 12.1 Å². The lowest BCUT2D eigenvalue weighted by molar-refractivity contribution is 0.668. The van der Waals surface area contributed by atoms with Crippen LogP contribution in [0.2, 0.25) is 0 Å². The lowest BCUT2D eigenvalue weighted by Gasteiger charge is -2.01. The average Bonchev–Trinajstić information content (AvgIpc) is 2.14. The second kappa shape index (κ2) is 6.03. The molecule has 0 bridgehead atoms. The zero-order chi connectivity index (χ0) is 8.65. The fraction of sp³-hybridized carbons (Fsp3) is 0.444. The molecule has 0 aliphatic rings. The van der Waals surface area contributed by atoms with E-state index in [4.69, 9.17) is 0 Å². The summed E-state index contributed by atoms with van der Waals surface area (Å²) in [6.07, 6.45) is 2.92. The molecule has 0 aliphatic heterocycles. The van der Waals surface area contributed by atoms with Gasteiger partial charge in [0.2, 0.25) is 0 Å². The second-order valence-electron chi connectivity index (χ2n) is 2.58. The number of nitrogens with zero attached hydrogens (tertiary/aromatic N) is 1. The summed E-state index contributed by atoms with van der Waals surface area (Å²) in [4.78, 5) is 4.19. The van der Waals surface area contributed by atoms with Crippen molar-refractivity contribution in [2.24, 2.45) is 0 Å². The van der Waals surface area contributed by atoms with Gasteiger partial charge in [-0.2, -0.15) is 12.6 Å². The van der Waals surface area contributed by atoms with E-state index in [1.807, 2.05) is 24.4 Å². The SMILES string of the molecule is SCCCNCc1ccccn1. The minimum absolute atomic E-state index is 0.856. The molecule has 3 heteroatoms. The molecule has 0 aliphatic carbocycles. The first-order valence-electron chi connectivity index (χ1n) is 4.15. The molecule has 0 aromatic carbocycles. The molecule has 0 saturated heterocycles. The lowest BCUT2D eigenvalue weighted by Crippen LogP contribution is -2.15. The summed E-state index contributed by atoms with van der Waals surface area (Å²) in [7, 11) is 0. The van der Waals surface area contributed by atoms with Crippen molar-refractivity contribution in [2.45, 2.75) is 13.0 Å². The Bertz CT molecular complexity index is 201. The summed E-state index contributed by atoms with van der Waals surface area (Å²) < 4.78 is 0. The number of pyridine rings is 1. The number of hydrogen-bond acceptors (Lipinski definition) is 3. The van der Waals surface area contributed by atoms with Gasteiger partial charge >= 0.3 is 0 Å². The quantitative estimate of drug-likeness (QED) is 0.533. The molecule has 0 atom stereocenters. The van der Waals surface area contributed by atoms with E-state index in [1.165, 1.54) is 0 Å². The van der Waals surface area contributed by atoms with Crippen LogP contribution in [0.25, 0.3) is 0 Å². The van der Waals surface area contributed by atoms with E-state index >= 15 is 0 Å². The molecule has 0 unspecified atom stereocenters. The molecule has 1 heterocycles. The highest BCUT2D eigenvalue weighted by atomic mass is 32.1. The Hall–Kier alpha value is -0.540. The first kappa shape index (κ1) is 9.55. The lowest BCUT2D eigenvalue weighted by atomic mass is 10.3. The third kappa shape index (κ3) is 3.74. The van der Waals surface area contributed by atoms with Crippen LogP contribution in [0.4, 0.5) is 0 Å². The molecule has 0 saturated carbocycles. The van der Waals surface area contributed by atoms with Gasteiger partial charge in [-0.1, -0.05) is 6.07 Å². The molecule has 12 heavy (non-hydrogen) atoms. The zero-order valence-electron chi connectivity index (χ0n) is 7.03. The van der Waals surface area contributed by atoms with E-state index in [0.29, 0.717) is 0 Å². The van der Waals surface area contributed by atoms with E-state index in [0.717, 1.165) is 31.0 Å². The van der Waals surface area contributed by atoms with Crippen LogP contribution in [0.3, 0.4) is 0 Å². The Morgan fingerprint density at radius 1 is 1.42 bits per heavy atom.